The van der Waals surface area contributed by atoms with Crippen LogP contribution in [0.3, 0.4) is 0 Å². The van der Waals surface area contributed by atoms with Crippen LogP contribution in [0.25, 0.3) is 0 Å². The molecule has 0 amide bonds. The summed E-state index contributed by atoms with van der Waals surface area (Å²) in [4.78, 5) is 16.3. The molecule has 2 rings (SSSR count). The maximum atomic E-state index is 11.1. The molecule has 1 atom stereocenters. The Labute approximate surface area is 104 Å². The quantitative estimate of drug-likeness (QED) is 0.882. The largest absolute Gasteiger partial charge is 0.477 e. The van der Waals surface area contributed by atoms with Gasteiger partial charge in [0.25, 0.3) is 0 Å². The first kappa shape index (κ1) is 11.9. The van der Waals surface area contributed by atoms with Gasteiger partial charge in [-0.3, -0.25) is 0 Å². The molecule has 1 N–H and O–H groups in total. The molecule has 0 radical (unpaired) electrons. The molecule has 0 aliphatic carbocycles. The van der Waals surface area contributed by atoms with Crippen molar-refractivity contribution in [3.63, 3.8) is 0 Å². The van der Waals surface area contributed by atoms with Crippen LogP contribution in [0.4, 0.5) is 0 Å². The number of carboxylic acids is 1. The second-order valence-electron chi connectivity index (χ2n) is 4.46. The Morgan fingerprint density at radius 1 is 1.41 bits per heavy atom. The normalized spacial score (nSPS) is 21.8. The summed E-state index contributed by atoms with van der Waals surface area (Å²) in [5.74, 6) is -1.45. The highest BCUT2D eigenvalue weighted by atomic mass is 35.5. The molecular weight excluding hydrogens is 242 g/mol. The SMILES string of the molecule is CC1(C)ON=C(C(=O)O)C1c1ccc(Cl)cc1. The zero-order valence-corrected chi connectivity index (χ0v) is 10.2. The first-order chi connectivity index (χ1) is 7.92. The molecule has 0 saturated heterocycles. The van der Waals surface area contributed by atoms with Gasteiger partial charge in [-0.1, -0.05) is 28.9 Å². The fourth-order valence-corrected chi connectivity index (χ4v) is 2.10. The summed E-state index contributed by atoms with van der Waals surface area (Å²) in [6, 6.07) is 7.04. The average molecular weight is 254 g/mol. The summed E-state index contributed by atoms with van der Waals surface area (Å²) in [5.41, 5.74) is 0.192. The van der Waals surface area contributed by atoms with E-state index in [2.05, 4.69) is 5.16 Å². The monoisotopic (exact) mass is 253 g/mol. The van der Waals surface area contributed by atoms with E-state index in [1.807, 2.05) is 13.8 Å². The van der Waals surface area contributed by atoms with Gasteiger partial charge in [-0.2, -0.15) is 0 Å². The zero-order valence-electron chi connectivity index (χ0n) is 9.48. The van der Waals surface area contributed by atoms with Crippen LogP contribution in [-0.4, -0.2) is 22.4 Å². The summed E-state index contributed by atoms with van der Waals surface area (Å²) in [6.07, 6.45) is 0. The molecule has 0 bridgehead atoms. The number of rotatable bonds is 2. The molecular formula is C12H12ClNO3. The van der Waals surface area contributed by atoms with Crippen molar-refractivity contribution < 1.29 is 14.7 Å². The van der Waals surface area contributed by atoms with Gasteiger partial charge in [0.15, 0.2) is 5.71 Å². The summed E-state index contributed by atoms with van der Waals surface area (Å²) in [7, 11) is 0. The number of hydrogen-bond donors (Lipinski definition) is 1. The van der Waals surface area contributed by atoms with Crippen molar-refractivity contribution in [1.29, 1.82) is 0 Å². The second kappa shape index (κ2) is 4.04. The number of nitrogens with zero attached hydrogens (tertiary/aromatic N) is 1. The number of halogens is 1. The average Bonchev–Trinajstić information content (AvgIpc) is 2.56. The zero-order chi connectivity index (χ0) is 12.6. The summed E-state index contributed by atoms with van der Waals surface area (Å²) >= 11 is 5.81. The van der Waals surface area contributed by atoms with Crippen LogP contribution in [0.5, 0.6) is 0 Å². The van der Waals surface area contributed by atoms with Crippen LogP contribution in [-0.2, 0) is 9.63 Å². The molecule has 1 aromatic rings. The Hall–Kier alpha value is -1.55. The van der Waals surface area contributed by atoms with E-state index in [1.165, 1.54) is 0 Å². The lowest BCUT2D eigenvalue weighted by molar-refractivity contribution is -0.129. The molecule has 0 spiro atoms. The van der Waals surface area contributed by atoms with Crippen LogP contribution < -0.4 is 0 Å². The van der Waals surface area contributed by atoms with Crippen molar-refractivity contribution >= 4 is 23.3 Å². The van der Waals surface area contributed by atoms with Gasteiger partial charge < -0.3 is 9.94 Å². The Balaban J connectivity index is 2.43. The number of aliphatic carboxylic acids is 1. The minimum atomic E-state index is -1.06. The van der Waals surface area contributed by atoms with E-state index in [1.54, 1.807) is 24.3 Å². The van der Waals surface area contributed by atoms with Crippen molar-refractivity contribution in [2.75, 3.05) is 0 Å². The van der Waals surface area contributed by atoms with Crippen molar-refractivity contribution in [3.8, 4) is 0 Å². The number of benzene rings is 1. The standard InChI is InChI=1S/C12H12ClNO3/c1-12(2)9(10(11(15)16)14-17-12)7-3-5-8(13)6-4-7/h3-6,9H,1-2H3,(H,15,16). The molecule has 1 aliphatic rings. The Morgan fingerprint density at radius 3 is 2.53 bits per heavy atom. The van der Waals surface area contributed by atoms with E-state index in [4.69, 9.17) is 21.5 Å². The molecule has 1 aliphatic heterocycles. The third-order valence-electron chi connectivity index (χ3n) is 2.77. The van der Waals surface area contributed by atoms with E-state index < -0.39 is 17.5 Å². The maximum absolute atomic E-state index is 11.1. The Bertz CT molecular complexity index is 479. The Morgan fingerprint density at radius 2 is 2.00 bits per heavy atom. The molecule has 4 nitrogen and oxygen atoms in total. The minimum absolute atomic E-state index is 0.0253. The first-order valence-electron chi connectivity index (χ1n) is 5.16. The van der Waals surface area contributed by atoms with Gasteiger partial charge in [0.1, 0.15) is 5.60 Å². The first-order valence-corrected chi connectivity index (χ1v) is 5.54. The minimum Gasteiger partial charge on any atom is -0.477 e. The number of carbonyl (C=O) groups is 1. The maximum Gasteiger partial charge on any atom is 0.354 e. The van der Waals surface area contributed by atoms with E-state index in [9.17, 15) is 4.79 Å². The molecule has 1 aromatic carbocycles. The molecule has 0 fully saturated rings. The lowest BCUT2D eigenvalue weighted by atomic mass is 9.82. The highest BCUT2D eigenvalue weighted by molar-refractivity contribution is 6.38. The molecule has 90 valence electrons. The topological polar surface area (TPSA) is 58.9 Å². The van der Waals surface area contributed by atoms with Crippen LogP contribution in [0.15, 0.2) is 29.4 Å². The molecule has 0 aromatic heterocycles. The smallest absolute Gasteiger partial charge is 0.354 e. The fourth-order valence-electron chi connectivity index (χ4n) is 1.98. The van der Waals surface area contributed by atoms with Gasteiger partial charge in [0.05, 0.1) is 5.92 Å². The lowest BCUT2D eigenvalue weighted by Gasteiger charge is -2.24. The molecule has 5 heteroatoms. The van der Waals surface area contributed by atoms with Gasteiger partial charge in [0, 0.05) is 5.02 Å². The predicted octanol–water partition coefficient (Wildman–Crippen LogP) is 2.67. The van der Waals surface area contributed by atoms with E-state index in [0.29, 0.717) is 5.02 Å². The van der Waals surface area contributed by atoms with Crippen molar-refractivity contribution in [2.45, 2.75) is 25.4 Å². The fraction of sp³-hybridized carbons (Fsp3) is 0.333. The third-order valence-corrected chi connectivity index (χ3v) is 3.02. The second-order valence-corrected chi connectivity index (χ2v) is 4.90. The van der Waals surface area contributed by atoms with Gasteiger partial charge in [-0.25, -0.2) is 4.79 Å². The summed E-state index contributed by atoms with van der Waals surface area (Å²) in [5, 5.41) is 13.4. The van der Waals surface area contributed by atoms with E-state index in [-0.39, 0.29) is 5.71 Å². The van der Waals surface area contributed by atoms with Crippen molar-refractivity contribution in [1.82, 2.24) is 0 Å². The van der Waals surface area contributed by atoms with Crippen LogP contribution in [0.1, 0.15) is 25.3 Å². The van der Waals surface area contributed by atoms with Gasteiger partial charge in [0.2, 0.25) is 0 Å². The van der Waals surface area contributed by atoms with Crippen LogP contribution in [0.2, 0.25) is 5.02 Å². The summed E-state index contributed by atoms with van der Waals surface area (Å²) in [6.45, 7) is 3.62. The molecule has 1 heterocycles. The van der Waals surface area contributed by atoms with Crippen molar-refractivity contribution in [2.24, 2.45) is 5.16 Å². The predicted molar refractivity (Wildman–Crippen MR) is 64.4 cm³/mol. The van der Waals surface area contributed by atoms with Crippen LogP contribution in [0, 0.1) is 0 Å². The van der Waals surface area contributed by atoms with Gasteiger partial charge >= 0.3 is 5.97 Å². The Kier molecular flexibility index (Phi) is 2.83. The van der Waals surface area contributed by atoms with E-state index in [0.717, 1.165) is 5.56 Å². The number of carboxylic acid groups (broad SMARTS) is 1. The van der Waals surface area contributed by atoms with Crippen LogP contribution >= 0.6 is 11.6 Å². The van der Waals surface area contributed by atoms with Gasteiger partial charge in [-0.05, 0) is 31.5 Å². The van der Waals surface area contributed by atoms with Gasteiger partial charge in [-0.15, -0.1) is 0 Å². The summed E-state index contributed by atoms with van der Waals surface area (Å²) < 4.78 is 0. The molecule has 1 unspecified atom stereocenters. The highest BCUT2D eigenvalue weighted by Crippen LogP contribution is 2.38. The number of hydrogen-bond acceptors (Lipinski definition) is 3. The highest BCUT2D eigenvalue weighted by Gasteiger charge is 2.45. The number of oxime groups is 1. The third kappa shape index (κ3) is 2.13. The van der Waals surface area contributed by atoms with E-state index >= 15 is 0 Å². The lowest BCUT2D eigenvalue weighted by Crippen LogP contribution is -2.33. The molecule has 0 saturated carbocycles. The molecule has 17 heavy (non-hydrogen) atoms. The van der Waals surface area contributed by atoms with Crippen molar-refractivity contribution in [3.05, 3.63) is 34.9 Å².